The zero-order valence-electron chi connectivity index (χ0n) is 10.4. The van der Waals surface area contributed by atoms with Crippen molar-refractivity contribution in [1.29, 1.82) is 0 Å². The average Bonchev–Trinajstić information content (AvgIpc) is 3.18. The molecular weight excluding hydrogens is 294 g/mol. The molecular formula is C13H11N3O2S2. The van der Waals surface area contributed by atoms with Gasteiger partial charge >= 0.3 is 0 Å². The predicted molar refractivity (Wildman–Crippen MR) is 77.5 cm³/mol. The molecule has 3 aromatic heterocycles. The minimum atomic E-state index is -0.125. The van der Waals surface area contributed by atoms with Crippen LogP contribution in [0.25, 0.3) is 10.8 Å². The third kappa shape index (κ3) is 3.12. The van der Waals surface area contributed by atoms with Gasteiger partial charge in [0.05, 0.1) is 11.4 Å². The Bertz CT molecular complexity index is 674. The van der Waals surface area contributed by atoms with Gasteiger partial charge in [-0.1, -0.05) is 12.1 Å². The first-order valence-corrected chi connectivity index (χ1v) is 7.72. The van der Waals surface area contributed by atoms with E-state index in [0.29, 0.717) is 18.3 Å². The Morgan fingerprint density at radius 3 is 2.80 bits per heavy atom. The maximum Gasteiger partial charge on any atom is 0.257 e. The lowest BCUT2D eigenvalue weighted by Gasteiger charge is -2.00. The summed E-state index contributed by atoms with van der Waals surface area (Å²) < 4.78 is 5.47. The number of amides is 1. The summed E-state index contributed by atoms with van der Waals surface area (Å²) in [5.41, 5.74) is 0. The van der Waals surface area contributed by atoms with E-state index in [1.807, 2.05) is 35.0 Å². The Hall–Kier alpha value is -1.99. The molecule has 0 spiro atoms. The van der Waals surface area contributed by atoms with Crippen molar-refractivity contribution in [1.82, 2.24) is 15.5 Å². The van der Waals surface area contributed by atoms with Gasteiger partial charge in [0.2, 0.25) is 11.8 Å². The molecule has 102 valence electrons. The molecule has 0 saturated carbocycles. The summed E-state index contributed by atoms with van der Waals surface area (Å²) in [6.45, 7) is 0.530. The Labute approximate surface area is 123 Å². The SMILES string of the molecule is O=C(Cc1nnc(-c2cccs2)o1)NCc1cccs1. The second-order valence-corrected chi connectivity index (χ2v) is 5.99. The van der Waals surface area contributed by atoms with Gasteiger partial charge in [-0.2, -0.15) is 0 Å². The van der Waals surface area contributed by atoms with Crippen LogP contribution in [0.3, 0.4) is 0 Å². The van der Waals surface area contributed by atoms with Crippen molar-refractivity contribution in [2.45, 2.75) is 13.0 Å². The van der Waals surface area contributed by atoms with Crippen LogP contribution in [0.1, 0.15) is 10.8 Å². The molecule has 0 aliphatic rings. The van der Waals surface area contributed by atoms with Crippen molar-refractivity contribution in [2.75, 3.05) is 0 Å². The molecule has 20 heavy (non-hydrogen) atoms. The fourth-order valence-corrected chi connectivity index (χ4v) is 2.91. The standard InChI is InChI=1S/C13H11N3O2S2/c17-11(14-8-9-3-1-5-19-9)7-12-15-16-13(18-12)10-4-2-6-20-10/h1-6H,7-8H2,(H,14,17). The number of nitrogens with zero attached hydrogens (tertiary/aromatic N) is 2. The van der Waals surface area contributed by atoms with Crippen LogP contribution < -0.4 is 5.32 Å². The molecule has 0 unspecified atom stereocenters. The predicted octanol–water partition coefficient (Wildman–Crippen LogP) is 2.72. The van der Waals surface area contributed by atoms with Crippen molar-refractivity contribution < 1.29 is 9.21 Å². The third-order valence-electron chi connectivity index (χ3n) is 2.55. The smallest absolute Gasteiger partial charge is 0.257 e. The molecule has 0 bridgehead atoms. The van der Waals surface area contributed by atoms with Gasteiger partial charge in [-0.3, -0.25) is 4.79 Å². The first kappa shape index (κ1) is 13.0. The first-order valence-electron chi connectivity index (χ1n) is 5.96. The summed E-state index contributed by atoms with van der Waals surface area (Å²) >= 11 is 3.13. The number of rotatable bonds is 5. The Morgan fingerprint density at radius 1 is 1.20 bits per heavy atom. The molecule has 1 N–H and O–H groups in total. The quantitative estimate of drug-likeness (QED) is 0.787. The molecule has 0 aromatic carbocycles. The van der Waals surface area contributed by atoms with E-state index in [-0.39, 0.29) is 12.3 Å². The second kappa shape index (κ2) is 5.98. The lowest BCUT2D eigenvalue weighted by molar-refractivity contribution is -0.120. The van der Waals surface area contributed by atoms with Crippen molar-refractivity contribution in [3.63, 3.8) is 0 Å². The van der Waals surface area contributed by atoms with Crippen LogP contribution in [0, 0.1) is 0 Å². The molecule has 0 saturated heterocycles. The number of hydrogen-bond donors (Lipinski definition) is 1. The summed E-state index contributed by atoms with van der Waals surface area (Å²) in [6.07, 6.45) is 0.101. The highest BCUT2D eigenvalue weighted by atomic mass is 32.1. The number of carbonyl (C=O) groups excluding carboxylic acids is 1. The Morgan fingerprint density at radius 2 is 2.05 bits per heavy atom. The summed E-state index contributed by atoms with van der Waals surface area (Å²) in [5, 5.41) is 14.6. The highest BCUT2D eigenvalue weighted by Gasteiger charge is 2.12. The normalized spacial score (nSPS) is 10.6. The number of hydrogen-bond acceptors (Lipinski definition) is 6. The number of nitrogens with one attached hydrogen (secondary N) is 1. The van der Waals surface area contributed by atoms with Gasteiger partial charge in [0.15, 0.2) is 0 Å². The molecule has 1 amide bonds. The van der Waals surface area contributed by atoms with E-state index < -0.39 is 0 Å². The van der Waals surface area contributed by atoms with E-state index in [4.69, 9.17) is 4.42 Å². The van der Waals surface area contributed by atoms with E-state index >= 15 is 0 Å². The maximum absolute atomic E-state index is 11.8. The molecule has 0 aliphatic carbocycles. The monoisotopic (exact) mass is 305 g/mol. The zero-order chi connectivity index (χ0) is 13.8. The first-order chi connectivity index (χ1) is 9.81. The van der Waals surface area contributed by atoms with Gasteiger partial charge in [-0.15, -0.1) is 32.9 Å². The van der Waals surface area contributed by atoms with Crippen LogP contribution in [-0.4, -0.2) is 16.1 Å². The molecule has 0 radical (unpaired) electrons. The molecule has 7 heteroatoms. The van der Waals surface area contributed by atoms with Crippen LogP contribution in [0.4, 0.5) is 0 Å². The molecule has 3 aromatic rings. The van der Waals surface area contributed by atoms with Gasteiger partial charge in [0.1, 0.15) is 6.42 Å². The summed E-state index contributed by atoms with van der Waals surface area (Å²) in [7, 11) is 0. The highest BCUT2D eigenvalue weighted by molar-refractivity contribution is 7.13. The molecule has 5 nitrogen and oxygen atoms in total. The van der Waals surface area contributed by atoms with E-state index in [2.05, 4.69) is 15.5 Å². The van der Waals surface area contributed by atoms with Crippen LogP contribution >= 0.6 is 22.7 Å². The van der Waals surface area contributed by atoms with Gasteiger partial charge in [0, 0.05) is 4.88 Å². The molecule has 0 aliphatic heterocycles. The molecule has 0 atom stereocenters. The van der Waals surface area contributed by atoms with Crippen LogP contribution in [0.15, 0.2) is 39.4 Å². The van der Waals surface area contributed by atoms with Crippen LogP contribution in [-0.2, 0) is 17.8 Å². The largest absolute Gasteiger partial charge is 0.419 e. The summed E-state index contributed by atoms with van der Waals surface area (Å²) in [6, 6.07) is 7.75. The van der Waals surface area contributed by atoms with Crippen molar-refractivity contribution >= 4 is 28.6 Å². The minimum absolute atomic E-state index is 0.101. The average molecular weight is 305 g/mol. The summed E-state index contributed by atoms with van der Waals surface area (Å²) in [5.74, 6) is 0.665. The maximum atomic E-state index is 11.8. The highest BCUT2D eigenvalue weighted by Crippen LogP contribution is 2.22. The van der Waals surface area contributed by atoms with Crippen molar-refractivity contribution in [3.8, 4) is 10.8 Å². The minimum Gasteiger partial charge on any atom is -0.419 e. The van der Waals surface area contributed by atoms with Crippen molar-refractivity contribution in [2.24, 2.45) is 0 Å². The van der Waals surface area contributed by atoms with Crippen LogP contribution in [0.5, 0.6) is 0 Å². The van der Waals surface area contributed by atoms with E-state index in [1.165, 1.54) is 11.3 Å². The Kier molecular flexibility index (Phi) is 3.89. The van der Waals surface area contributed by atoms with Crippen LogP contribution in [0.2, 0.25) is 0 Å². The lowest BCUT2D eigenvalue weighted by Crippen LogP contribution is -2.24. The molecule has 3 heterocycles. The molecule has 0 fully saturated rings. The second-order valence-electron chi connectivity index (χ2n) is 4.01. The number of aromatic nitrogens is 2. The molecule has 3 rings (SSSR count). The summed E-state index contributed by atoms with van der Waals surface area (Å²) in [4.78, 5) is 13.8. The number of carbonyl (C=O) groups is 1. The van der Waals surface area contributed by atoms with Gasteiger partial charge in [-0.25, -0.2) is 0 Å². The fraction of sp³-hybridized carbons (Fsp3) is 0.154. The zero-order valence-corrected chi connectivity index (χ0v) is 12.0. The fourth-order valence-electron chi connectivity index (χ4n) is 1.62. The van der Waals surface area contributed by atoms with E-state index in [0.717, 1.165) is 9.75 Å². The Balaban J connectivity index is 1.56. The van der Waals surface area contributed by atoms with Gasteiger partial charge in [0.25, 0.3) is 5.89 Å². The van der Waals surface area contributed by atoms with E-state index in [9.17, 15) is 4.79 Å². The lowest BCUT2D eigenvalue weighted by atomic mass is 10.4. The van der Waals surface area contributed by atoms with Crippen molar-refractivity contribution in [3.05, 3.63) is 45.8 Å². The topological polar surface area (TPSA) is 68.0 Å². The third-order valence-corrected chi connectivity index (χ3v) is 4.28. The van der Waals surface area contributed by atoms with Gasteiger partial charge in [-0.05, 0) is 22.9 Å². The van der Waals surface area contributed by atoms with E-state index in [1.54, 1.807) is 11.3 Å². The van der Waals surface area contributed by atoms with Gasteiger partial charge < -0.3 is 9.73 Å². The number of thiophene rings is 2.